The first kappa shape index (κ1) is 23.1. The number of aromatic amines is 1. The van der Waals surface area contributed by atoms with Crippen molar-refractivity contribution in [3.8, 4) is 0 Å². The molecular formula is C27H37N5O2. The second-order valence-electron chi connectivity index (χ2n) is 10.4. The number of aromatic nitrogens is 2. The fourth-order valence-electron chi connectivity index (χ4n) is 5.67. The highest BCUT2D eigenvalue weighted by molar-refractivity contribution is 5.98. The van der Waals surface area contributed by atoms with E-state index in [-0.39, 0.29) is 29.1 Å². The van der Waals surface area contributed by atoms with E-state index in [0.717, 1.165) is 38.6 Å². The monoisotopic (exact) mass is 463 g/mol. The highest BCUT2D eigenvalue weighted by Crippen LogP contribution is 2.41. The van der Waals surface area contributed by atoms with Gasteiger partial charge in [0.1, 0.15) is 5.69 Å². The van der Waals surface area contributed by atoms with Gasteiger partial charge in [-0.15, -0.1) is 0 Å². The van der Waals surface area contributed by atoms with E-state index in [1.807, 2.05) is 24.1 Å². The molecular weight excluding hydrogens is 426 g/mol. The number of carbonyl (C=O) groups is 2. The Kier molecular flexibility index (Phi) is 6.73. The summed E-state index contributed by atoms with van der Waals surface area (Å²) in [4.78, 5) is 28.0. The molecule has 1 aromatic carbocycles. The third-order valence-electron chi connectivity index (χ3n) is 8.13. The zero-order valence-corrected chi connectivity index (χ0v) is 20.2. The molecule has 1 aromatic heterocycles. The van der Waals surface area contributed by atoms with Crippen LogP contribution in [0.2, 0.25) is 0 Å². The number of amides is 2. The molecule has 3 N–H and O–H groups in total. The first-order valence-electron chi connectivity index (χ1n) is 13.0. The summed E-state index contributed by atoms with van der Waals surface area (Å²) in [6.45, 7) is 0.836. The van der Waals surface area contributed by atoms with Crippen LogP contribution in [0.3, 0.4) is 0 Å². The summed E-state index contributed by atoms with van der Waals surface area (Å²) in [7, 11) is 1.88. The maximum atomic E-state index is 13.2. The Morgan fingerprint density at radius 1 is 1.09 bits per heavy atom. The number of hydrogen-bond acceptors (Lipinski definition) is 4. The fourth-order valence-corrected chi connectivity index (χ4v) is 5.67. The zero-order chi connectivity index (χ0) is 23.5. The van der Waals surface area contributed by atoms with E-state index in [2.05, 4.69) is 33.0 Å². The van der Waals surface area contributed by atoms with Gasteiger partial charge in [-0.1, -0.05) is 49.9 Å². The van der Waals surface area contributed by atoms with Crippen LogP contribution in [-0.2, 0) is 6.42 Å². The zero-order valence-electron chi connectivity index (χ0n) is 20.2. The Morgan fingerprint density at radius 3 is 2.62 bits per heavy atom. The van der Waals surface area contributed by atoms with Crippen LogP contribution in [0.25, 0.3) is 0 Å². The van der Waals surface area contributed by atoms with Gasteiger partial charge < -0.3 is 15.5 Å². The van der Waals surface area contributed by atoms with Crippen molar-refractivity contribution in [3.05, 3.63) is 52.8 Å². The van der Waals surface area contributed by atoms with Gasteiger partial charge in [0.2, 0.25) is 0 Å². The molecule has 0 bridgehead atoms. The molecule has 2 aromatic rings. The lowest BCUT2D eigenvalue weighted by molar-refractivity contribution is 0.0697. The summed E-state index contributed by atoms with van der Waals surface area (Å²) in [5.74, 6) is -0.342. The largest absolute Gasteiger partial charge is 0.344 e. The van der Waals surface area contributed by atoms with Gasteiger partial charge in [0.05, 0.1) is 11.6 Å². The number of aryl methyl sites for hydroxylation is 1. The van der Waals surface area contributed by atoms with Gasteiger partial charge in [0.15, 0.2) is 5.69 Å². The highest BCUT2D eigenvalue weighted by atomic mass is 16.2. The Bertz CT molecular complexity index is 1020. The topological polar surface area (TPSA) is 90.1 Å². The molecule has 7 nitrogen and oxygen atoms in total. The summed E-state index contributed by atoms with van der Waals surface area (Å²) in [5, 5.41) is 13.9. The third kappa shape index (κ3) is 4.90. The van der Waals surface area contributed by atoms with E-state index in [1.165, 1.54) is 49.7 Å². The van der Waals surface area contributed by atoms with Crippen LogP contribution in [0.5, 0.6) is 0 Å². The fraction of sp³-hybridized carbons (Fsp3) is 0.593. The van der Waals surface area contributed by atoms with Crippen LogP contribution in [-0.4, -0.2) is 52.1 Å². The third-order valence-corrected chi connectivity index (χ3v) is 8.13. The minimum Gasteiger partial charge on any atom is -0.344 e. The van der Waals surface area contributed by atoms with Crippen LogP contribution >= 0.6 is 0 Å². The van der Waals surface area contributed by atoms with Crippen molar-refractivity contribution in [1.29, 1.82) is 0 Å². The molecule has 1 atom stereocenters. The standard InChI is InChI=1S/C27H37N5O2/c1-32(27(15-16-27)18-28-20-11-4-2-3-5-12-20)26(34)24-17-23(30-31-24)25(33)29-22-14-8-10-19-9-6-7-13-21(19)22/h6-7,9,13,17,20,22,28H,2-5,8,10-12,14-16,18H2,1H3,(H,29,33)(H,30,31). The van der Waals surface area contributed by atoms with Crippen molar-refractivity contribution in [2.45, 2.75) is 88.3 Å². The first-order chi connectivity index (χ1) is 16.6. The summed E-state index contributed by atoms with van der Waals surface area (Å²) in [6, 6.07) is 10.4. The second kappa shape index (κ2) is 9.90. The molecule has 1 unspecified atom stereocenters. The number of H-pyrrole nitrogens is 1. The van der Waals surface area contributed by atoms with Crippen LogP contribution in [0.1, 0.15) is 102 Å². The van der Waals surface area contributed by atoms with Crippen LogP contribution in [0, 0.1) is 0 Å². The molecule has 182 valence electrons. The number of fused-ring (bicyclic) bond motifs is 1. The Labute approximate surface area is 202 Å². The van der Waals surface area contributed by atoms with Gasteiger partial charge in [-0.3, -0.25) is 14.7 Å². The molecule has 1 heterocycles. The van der Waals surface area contributed by atoms with E-state index in [4.69, 9.17) is 0 Å². The van der Waals surface area contributed by atoms with E-state index < -0.39 is 0 Å². The van der Waals surface area contributed by atoms with Crippen molar-refractivity contribution in [2.75, 3.05) is 13.6 Å². The summed E-state index contributed by atoms with van der Waals surface area (Å²) in [5.41, 5.74) is 3.00. The number of carbonyl (C=O) groups excluding carboxylic acids is 2. The predicted octanol–water partition coefficient (Wildman–Crippen LogP) is 4.13. The number of rotatable bonds is 7. The summed E-state index contributed by atoms with van der Waals surface area (Å²) < 4.78 is 0. The number of benzene rings is 1. The van der Waals surface area contributed by atoms with Crippen molar-refractivity contribution in [1.82, 2.24) is 25.7 Å². The minimum absolute atomic E-state index is 0.0132. The minimum atomic E-state index is -0.240. The molecule has 5 rings (SSSR count). The van der Waals surface area contributed by atoms with Crippen molar-refractivity contribution in [2.24, 2.45) is 0 Å². The molecule has 7 heteroatoms. The van der Waals surface area contributed by atoms with E-state index in [0.29, 0.717) is 11.7 Å². The van der Waals surface area contributed by atoms with Crippen molar-refractivity contribution < 1.29 is 9.59 Å². The summed E-state index contributed by atoms with van der Waals surface area (Å²) >= 11 is 0. The molecule has 0 aliphatic heterocycles. The lowest BCUT2D eigenvalue weighted by Crippen LogP contribution is -2.48. The Morgan fingerprint density at radius 2 is 1.85 bits per heavy atom. The second-order valence-corrected chi connectivity index (χ2v) is 10.4. The van der Waals surface area contributed by atoms with Gasteiger partial charge in [0, 0.05) is 25.7 Å². The van der Waals surface area contributed by atoms with Crippen LogP contribution in [0.15, 0.2) is 30.3 Å². The van der Waals surface area contributed by atoms with Gasteiger partial charge in [-0.25, -0.2) is 0 Å². The lowest BCUT2D eigenvalue weighted by atomic mass is 9.87. The normalized spacial score (nSPS) is 21.9. The number of nitrogens with one attached hydrogen (secondary N) is 3. The average Bonchev–Trinajstić information content (AvgIpc) is 3.57. The molecule has 34 heavy (non-hydrogen) atoms. The predicted molar refractivity (Wildman–Crippen MR) is 132 cm³/mol. The van der Waals surface area contributed by atoms with E-state index in [9.17, 15) is 9.59 Å². The molecule has 3 aliphatic carbocycles. The quantitative estimate of drug-likeness (QED) is 0.539. The number of nitrogens with zero attached hydrogens (tertiary/aromatic N) is 2. The van der Waals surface area contributed by atoms with Gasteiger partial charge in [0.25, 0.3) is 11.8 Å². The van der Waals surface area contributed by atoms with Gasteiger partial charge in [-0.2, -0.15) is 5.10 Å². The Balaban J connectivity index is 1.19. The van der Waals surface area contributed by atoms with Crippen molar-refractivity contribution in [3.63, 3.8) is 0 Å². The van der Waals surface area contributed by atoms with Gasteiger partial charge in [-0.05, 0) is 56.1 Å². The number of likely N-dealkylation sites (N-methyl/N-ethyl adjacent to an activating group) is 1. The van der Waals surface area contributed by atoms with Gasteiger partial charge >= 0.3 is 0 Å². The smallest absolute Gasteiger partial charge is 0.272 e. The molecule has 2 saturated carbocycles. The van der Waals surface area contributed by atoms with E-state index in [1.54, 1.807) is 6.07 Å². The van der Waals surface area contributed by atoms with E-state index >= 15 is 0 Å². The molecule has 2 fully saturated rings. The van der Waals surface area contributed by atoms with Crippen LogP contribution in [0.4, 0.5) is 0 Å². The molecule has 0 saturated heterocycles. The molecule has 3 aliphatic rings. The number of hydrogen-bond donors (Lipinski definition) is 3. The maximum absolute atomic E-state index is 13.2. The first-order valence-corrected chi connectivity index (χ1v) is 13.0. The highest BCUT2D eigenvalue weighted by Gasteiger charge is 2.48. The molecule has 0 spiro atoms. The molecule has 0 radical (unpaired) electrons. The maximum Gasteiger partial charge on any atom is 0.272 e. The molecule has 2 amide bonds. The Hall–Kier alpha value is -2.67. The van der Waals surface area contributed by atoms with Crippen molar-refractivity contribution >= 4 is 11.8 Å². The summed E-state index contributed by atoms with van der Waals surface area (Å²) in [6.07, 6.45) is 12.8. The SMILES string of the molecule is CN(C(=O)c1cc(C(=O)NC2CCCc3ccccc32)n[nH]1)C1(CNC2CCCCCC2)CC1. The lowest BCUT2D eigenvalue weighted by Gasteiger charge is -2.30. The van der Waals surface area contributed by atoms with Crippen LogP contribution < -0.4 is 10.6 Å². The average molecular weight is 464 g/mol.